The number of hydrogen-bond donors (Lipinski definition) is 1. The molecule has 2 nitrogen and oxygen atoms in total. The number of aliphatic hydroxyl groups is 1. The second kappa shape index (κ2) is 6.80. The van der Waals surface area contributed by atoms with Crippen LogP contribution < -0.4 is 0 Å². The molecule has 1 N–H and O–H groups in total. The van der Waals surface area contributed by atoms with E-state index in [-0.39, 0.29) is 0 Å². The van der Waals surface area contributed by atoms with Crippen LogP contribution in [0.2, 0.25) is 0 Å². The van der Waals surface area contributed by atoms with Crippen molar-refractivity contribution >= 4 is 15.9 Å². The fourth-order valence-electron chi connectivity index (χ4n) is 3.93. The minimum atomic E-state index is -0.623. The maximum Gasteiger partial charge on any atom is 0.0920 e. The Hall–Kier alpha value is -0.380. The van der Waals surface area contributed by atoms with Crippen molar-refractivity contribution in [2.24, 2.45) is 0 Å². The van der Waals surface area contributed by atoms with Gasteiger partial charge in [-0.2, -0.15) is 0 Å². The van der Waals surface area contributed by atoms with Gasteiger partial charge in [0.15, 0.2) is 0 Å². The summed E-state index contributed by atoms with van der Waals surface area (Å²) >= 11 is 3.47. The van der Waals surface area contributed by atoms with E-state index in [1.54, 1.807) is 0 Å². The zero-order valence-corrected chi connectivity index (χ0v) is 14.3. The topological polar surface area (TPSA) is 23.5 Å². The molecular formula is C18H26BrNO. The lowest BCUT2D eigenvalue weighted by Gasteiger charge is -2.42. The Kier molecular flexibility index (Phi) is 5.03. The lowest BCUT2D eigenvalue weighted by molar-refractivity contribution is -0.0371. The molecule has 0 aromatic heterocycles. The first-order valence-electron chi connectivity index (χ1n) is 8.40. The average Bonchev–Trinajstić information content (AvgIpc) is 2.78. The van der Waals surface area contributed by atoms with Gasteiger partial charge in [-0.15, -0.1) is 0 Å². The maximum absolute atomic E-state index is 11.0. The van der Waals surface area contributed by atoms with E-state index < -0.39 is 5.60 Å². The van der Waals surface area contributed by atoms with Gasteiger partial charge in [0.25, 0.3) is 0 Å². The van der Waals surface area contributed by atoms with Gasteiger partial charge in [-0.05, 0) is 43.4 Å². The molecule has 0 amide bonds. The Morgan fingerprint density at radius 2 is 1.52 bits per heavy atom. The van der Waals surface area contributed by atoms with E-state index in [1.807, 2.05) is 12.1 Å². The van der Waals surface area contributed by atoms with Crippen molar-refractivity contribution in [2.75, 3.05) is 13.1 Å². The molecule has 2 fully saturated rings. The van der Waals surface area contributed by atoms with Crippen molar-refractivity contribution in [3.05, 3.63) is 34.3 Å². The first kappa shape index (κ1) is 15.5. The van der Waals surface area contributed by atoms with Crippen molar-refractivity contribution in [1.29, 1.82) is 0 Å². The highest BCUT2D eigenvalue weighted by atomic mass is 79.9. The Bertz CT molecular complexity index is 443. The summed E-state index contributed by atoms with van der Waals surface area (Å²) in [5, 5.41) is 11.0. The molecule has 1 aromatic rings. The molecule has 1 saturated heterocycles. The van der Waals surface area contributed by atoms with E-state index in [4.69, 9.17) is 0 Å². The molecule has 0 bridgehead atoms. The van der Waals surface area contributed by atoms with Gasteiger partial charge < -0.3 is 10.0 Å². The van der Waals surface area contributed by atoms with E-state index in [0.717, 1.165) is 42.0 Å². The predicted octanol–water partition coefficient (Wildman–Crippen LogP) is 4.46. The summed E-state index contributed by atoms with van der Waals surface area (Å²) in [5.74, 6) is 0. The zero-order valence-electron chi connectivity index (χ0n) is 12.7. The van der Waals surface area contributed by atoms with Gasteiger partial charge >= 0.3 is 0 Å². The Morgan fingerprint density at radius 3 is 2.10 bits per heavy atom. The van der Waals surface area contributed by atoms with Gasteiger partial charge in [0.1, 0.15) is 0 Å². The molecule has 0 atom stereocenters. The summed E-state index contributed by atoms with van der Waals surface area (Å²) in [7, 11) is 0. The number of nitrogens with zero attached hydrogens (tertiary/aromatic N) is 1. The van der Waals surface area contributed by atoms with E-state index in [2.05, 4.69) is 33.0 Å². The summed E-state index contributed by atoms with van der Waals surface area (Å²) < 4.78 is 1.07. The highest BCUT2D eigenvalue weighted by Crippen LogP contribution is 2.35. The van der Waals surface area contributed by atoms with Gasteiger partial charge in [-0.25, -0.2) is 0 Å². The first-order chi connectivity index (χ1) is 10.2. The second-order valence-electron chi connectivity index (χ2n) is 6.72. The van der Waals surface area contributed by atoms with Crippen LogP contribution in [0.15, 0.2) is 28.7 Å². The number of hydrogen-bond acceptors (Lipinski definition) is 2. The van der Waals surface area contributed by atoms with Crippen molar-refractivity contribution in [3.8, 4) is 0 Å². The van der Waals surface area contributed by atoms with Gasteiger partial charge in [0.05, 0.1) is 5.60 Å². The monoisotopic (exact) mass is 351 g/mol. The van der Waals surface area contributed by atoms with Gasteiger partial charge in [0.2, 0.25) is 0 Å². The van der Waals surface area contributed by atoms with E-state index in [0.29, 0.717) is 0 Å². The van der Waals surface area contributed by atoms with Crippen LogP contribution in [0.25, 0.3) is 0 Å². The first-order valence-corrected chi connectivity index (χ1v) is 9.19. The molecule has 3 heteroatoms. The van der Waals surface area contributed by atoms with Gasteiger partial charge in [-0.1, -0.05) is 53.7 Å². The van der Waals surface area contributed by atoms with Gasteiger partial charge in [0, 0.05) is 23.6 Å². The van der Waals surface area contributed by atoms with Crippen molar-refractivity contribution < 1.29 is 5.11 Å². The summed E-state index contributed by atoms with van der Waals surface area (Å²) in [6, 6.07) is 8.95. The third-order valence-electron chi connectivity index (χ3n) is 5.35. The molecule has 2 aliphatic rings. The van der Waals surface area contributed by atoms with Crippen molar-refractivity contribution in [1.82, 2.24) is 4.90 Å². The molecule has 1 aliphatic carbocycles. The van der Waals surface area contributed by atoms with Crippen LogP contribution >= 0.6 is 15.9 Å². The minimum Gasteiger partial charge on any atom is -0.385 e. The van der Waals surface area contributed by atoms with E-state index >= 15 is 0 Å². The average molecular weight is 352 g/mol. The molecule has 1 heterocycles. The standard InChI is InChI=1S/C18H26BrNO/c19-16-9-7-15(8-10-16)18(21)11-13-20(14-12-18)17-5-3-1-2-4-6-17/h7-10,17,21H,1-6,11-14H2. The molecule has 0 spiro atoms. The number of rotatable bonds is 2. The Morgan fingerprint density at radius 1 is 0.952 bits per heavy atom. The van der Waals surface area contributed by atoms with Crippen molar-refractivity contribution in [3.63, 3.8) is 0 Å². The molecule has 1 saturated carbocycles. The number of halogens is 1. The fourth-order valence-corrected chi connectivity index (χ4v) is 4.20. The maximum atomic E-state index is 11.0. The smallest absolute Gasteiger partial charge is 0.0920 e. The molecule has 1 aromatic carbocycles. The molecular weight excluding hydrogens is 326 g/mol. The quantitative estimate of drug-likeness (QED) is 0.795. The molecule has 3 rings (SSSR count). The largest absolute Gasteiger partial charge is 0.385 e. The van der Waals surface area contributed by atoms with E-state index in [1.165, 1.54) is 38.5 Å². The van der Waals surface area contributed by atoms with Crippen LogP contribution in [0.3, 0.4) is 0 Å². The predicted molar refractivity (Wildman–Crippen MR) is 90.3 cm³/mol. The van der Waals surface area contributed by atoms with Crippen LogP contribution in [0.5, 0.6) is 0 Å². The second-order valence-corrected chi connectivity index (χ2v) is 7.64. The Balaban J connectivity index is 1.62. The summed E-state index contributed by atoms with van der Waals surface area (Å²) in [5.41, 5.74) is 0.452. The van der Waals surface area contributed by atoms with Crippen molar-refractivity contribution in [2.45, 2.75) is 63.0 Å². The number of piperidine rings is 1. The van der Waals surface area contributed by atoms with Crippen LogP contribution in [0.1, 0.15) is 56.9 Å². The van der Waals surface area contributed by atoms with Crippen LogP contribution in [0, 0.1) is 0 Å². The van der Waals surface area contributed by atoms with Crippen LogP contribution in [-0.4, -0.2) is 29.1 Å². The molecule has 116 valence electrons. The van der Waals surface area contributed by atoms with E-state index in [9.17, 15) is 5.11 Å². The number of benzene rings is 1. The normalized spacial score (nSPS) is 24.7. The molecule has 21 heavy (non-hydrogen) atoms. The highest BCUT2D eigenvalue weighted by Gasteiger charge is 2.35. The fraction of sp³-hybridized carbons (Fsp3) is 0.667. The summed E-state index contributed by atoms with van der Waals surface area (Å²) in [6.45, 7) is 2.08. The zero-order chi connectivity index (χ0) is 14.7. The molecule has 1 aliphatic heterocycles. The minimum absolute atomic E-state index is 0.623. The summed E-state index contributed by atoms with van der Waals surface area (Å²) in [4.78, 5) is 2.64. The highest BCUT2D eigenvalue weighted by molar-refractivity contribution is 9.10. The lowest BCUT2D eigenvalue weighted by atomic mass is 9.83. The number of likely N-dealkylation sites (tertiary alicyclic amines) is 1. The molecule has 0 unspecified atom stereocenters. The lowest BCUT2D eigenvalue weighted by Crippen LogP contribution is -2.46. The molecule has 0 radical (unpaired) electrons. The van der Waals surface area contributed by atoms with Crippen LogP contribution in [0.4, 0.5) is 0 Å². The Labute approximate surface area is 136 Å². The van der Waals surface area contributed by atoms with Gasteiger partial charge in [-0.3, -0.25) is 0 Å². The third-order valence-corrected chi connectivity index (χ3v) is 5.88. The SMILES string of the molecule is OC1(c2ccc(Br)cc2)CCN(C2CCCCCC2)CC1. The summed E-state index contributed by atoms with van der Waals surface area (Å²) in [6.07, 6.45) is 10.0. The third kappa shape index (κ3) is 3.69. The van der Waals surface area contributed by atoms with Crippen LogP contribution in [-0.2, 0) is 5.60 Å².